The normalized spacial score (nSPS) is 23.7. The van der Waals surface area contributed by atoms with Crippen LogP contribution < -0.4 is 10.1 Å². The smallest absolute Gasteiger partial charge is 0.192 e. The van der Waals surface area contributed by atoms with Crippen LogP contribution in [0, 0.1) is 12.8 Å². The maximum Gasteiger partial charge on any atom is 0.192 e. The molecule has 3 heterocycles. The Labute approximate surface area is 200 Å². The average Bonchev–Trinajstić information content (AvgIpc) is 3.58. The average molecular weight is 454 g/mol. The Hall–Kier alpha value is -3.15. The Morgan fingerprint density at radius 3 is 2.44 bits per heavy atom. The Kier molecular flexibility index (Phi) is 5.60. The minimum atomic E-state index is 0.327. The molecule has 5 nitrogen and oxygen atoms in total. The molecule has 2 fully saturated rings. The van der Waals surface area contributed by atoms with Crippen LogP contribution in [0.3, 0.4) is 0 Å². The summed E-state index contributed by atoms with van der Waals surface area (Å²) in [6, 6.07) is 26.9. The summed E-state index contributed by atoms with van der Waals surface area (Å²) in [5.74, 6) is 2.51. The van der Waals surface area contributed by atoms with Crippen molar-refractivity contribution >= 4 is 11.1 Å². The van der Waals surface area contributed by atoms with E-state index in [2.05, 4.69) is 81.9 Å². The Morgan fingerprint density at radius 2 is 1.76 bits per heavy atom. The van der Waals surface area contributed by atoms with E-state index in [-0.39, 0.29) is 0 Å². The Balaban J connectivity index is 1.33. The zero-order chi connectivity index (χ0) is 23.1. The van der Waals surface area contributed by atoms with Crippen molar-refractivity contribution in [3.63, 3.8) is 0 Å². The van der Waals surface area contributed by atoms with Gasteiger partial charge in [0, 0.05) is 49.6 Å². The van der Waals surface area contributed by atoms with Crippen molar-refractivity contribution in [3.8, 4) is 5.75 Å². The summed E-state index contributed by atoms with van der Waals surface area (Å²) in [7, 11) is 1.72. The second-order valence-corrected chi connectivity index (χ2v) is 9.60. The van der Waals surface area contributed by atoms with Gasteiger partial charge in [0.2, 0.25) is 0 Å². The molecule has 4 atom stereocenters. The molecule has 2 aliphatic rings. The predicted molar refractivity (Wildman–Crippen MR) is 134 cm³/mol. The van der Waals surface area contributed by atoms with Crippen molar-refractivity contribution in [2.75, 3.05) is 20.2 Å². The molecule has 174 valence electrons. The molecule has 34 heavy (non-hydrogen) atoms. The molecule has 2 aliphatic heterocycles. The van der Waals surface area contributed by atoms with E-state index < -0.39 is 0 Å². The number of hydrogen-bond acceptors (Lipinski definition) is 5. The zero-order valence-electron chi connectivity index (χ0n) is 19.8. The van der Waals surface area contributed by atoms with E-state index in [0.717, 1.165) is 35.5 Å². The highest BCUT2D eigenvalue weighted by Gasteiger charge is 2.49. The summed E-state index contributed by atoms with van der Waals surface area (Å²) in [6.07, 6.45) is 1.25. The number of piperidine rings is 1. The van der Waals surface area contributed by atoms with Gasteiger partial charge in [0.25, 0.3) is 0 Å². The lowest BCUT2D eigenvalue weighted by Gasteiger charge is -2.39. The number of rotatable bonds is 7. The van der Waals surface area contributed by atoms with Gasteiger partial charge in [-0.25, -0.2) is 4.98 Å². The number of benzene rings is 3. The van der Waals surface area contributed by atoms with Gasteiger partial charge in [-0.15, -0.1) is 0 Å². The largest absolute Gasteiger partial charge is 0.496 e. The highest BCUT2D eigenvalue weighted by atomic mass is 16.5. The van der Waals surface area contributed by atoms with Gasteiger partial charge in [-0.3, -0.25) is 4.90 Å². The lowest BCUT2D eigenvalue weighted by Crippen LogP contribution is -2.50. The van der Waals surface area contributed by atoms with Crippen molar-refractivity contribution < 1.29 is 9.15 Å². The minimum Gasteiger partial charge on any atom is -0.496 e. The SMILES string of the molecule is COc1cc2oc(C)nc2cc1CNC1C2CCN(C2)C1C(c1ccccc1)c1ccccc1. The molecule has 6 rings (SSSR count). The Morgan fingerprint density at radius 1 is 1.06 bits per heavy atom. The van der Waals surface area contributed by atoms with E-state index in [1.54, 1.807) is 7.11 Å². The fourth-order valence-electron chi connectivity index (χ4n) is 6.17. The molecule has 0 amide bonds. The van der Waals surface area contributed by atoms with Crippen LogP contribution in [0.2, 0.25) is 0 Å². The van der Waals surface area contributed by atoms with Gasteiger partial charge in [0.1, 0.15) is 11.3 Å². The molecular formula is C29H31N3O2. The molecule has 0 spiro atoms. The van der Waals surface area contributed by atoms with Crippen LogP contribution in [-0.4, -0.2) is 42.2 Å². The molecule has 0 saturated carbocycles. The number of hydrogen-bond donors (Lipinski definition) is 1. The van der Waals surface area contributed by atoms with Crippen molar-refractivity contribution in [1.29, 1.82) is 0 Å². The fraction of sp³-hybridized carbons (Fsp3) is 0.345. The van der Waals surface area contributed by atoms with E-state index in [1.807, 2.05) is 13.0 Å². The van der Waals surface area contributed by atoms with Crippen LogP contribution in [0.1, 0.15) is 34.9 Å². The first-order valence-corrected chi connectivity index (χ1v) is 12.2. The lowest BCUT2D eigenvalue weighted by molar-refractivity contribution is 0.197. The number of ether oxygens (including phenoxy) is 1. The van der Waals surface area contributed by atoms with Gasteiger partial charge >= 0.3 is 0 Å². The molecule has 1 N–H and O–H groups in total. The molecule has 5 heteroatoms. The number of methoxy groups -OCH3 is 1. The second kappa shape index (κ2) is 8.90. The molecule has 2 saturated heterocycles. The van der Waals surface area contributed by atoms with Gasteiger partial charge in [-0.2, -0.15) is 0 Å². The van der Waals surface area contributed by atoms with Crippen LogP contribution in [0.25, 0.3) is 11.1 Å². The summed E-state index contributed by atoms with van der Waals surface area (Å²) in [4.78, 5) is 7.23. The molecule has 2 bridgehead atoms. The molecule has 0 radical (unpaired) electrons. The quantitative estimate of drug-likeness (QED) is 0.420. The van der Waals surface area contributed by atoms with Gasteiger partial charge in [0.05, 0.1) is 7.11 Å². The topological polar surface area (TPSA) is 50.5 Å². The number of oxazole rings is 1. The summed E-state index contributed by atoms with van der Waals surface area (Å²) in [5.41, 5.74) is 5.55. The first kappa shape index (κ1) is 21.4. The van der Waals surface area contributed by atoms with Gasteiger partial charge < -0.3 is 14.5 Å². The maximum atomic E-state index is 5.71. The number of aromatic nitrogens is 1. The van der Waals surface area contributed by atoms with Gasteiger partial charge in [-0.05, 0) is 36.1 Å². The van der Waals surface area contributed by atoms with Gasteiger partial charge in [-0.1, -0.05) is 60.7 Å². The second-order valence-electron chi connectivity index (χ2n) is 9.60. The zero-order valence-corrected chi connectivity index (χ0v) is 19.8. The monoisotopic (exact) mass is 453 g/mol. The van der Waals surface area contributed by atoms with E-state index in [1.165, 1.54) is 24.1 Å². The van der Waals surface area contributed by atoms with Crippen LogP contribution >= 0.6 is 0 Å². The third kappa shape index (κ3) is 3.79. The molecule has 3 aromatic carbocycles. The molecule has 4 aromatic rings. The van der Waals surface area contributed by atoms with Gasteiger partial charge in [0.15, 0.2) is 11.5 Å². The van der Waals surface area contributed by atoms with Crippen molar-refractivity contribution in [2.45, 2.75) is 37.9 Å². The van der Waals surface area contributed by atoms with Crippen LogP contribution in [0.4, 0.5) is 0 Å². The van der Waals surface area contributed by atoms with Crippen molar-refractivity contribution in [3.05, 3.63) is 95.4 Å². The summed E-state index contributed by atoms with van der Waals surface area (Å²) in [6.45, 7) is 4.97. The molecule has 4 unspecified atom stereocenters. The fourth-order valence-corrected chi connectivity index (χ4v) is 6.17. The van der Waals surface area contributed by atoms with E-state index in [0.29, 0.717) is 29.8 Å². The molecule has 1 aromatic heterocycles. The highest BCUT2D eigenvalue weighted by Crippen LogP contribution is 2.43. The van der Waals surface area contributed by atoms with E-state index in [9.17, 15) is 0 Å². The number of fused-ring (bicyclic) bond motifs is 3. The highest BCUT2D eigenvalue weighted by molar-refractivity contribution is 5.76. The summed E-state index contributed by atoms with van der Waals surface area (Å²) in [5, 5.41) is 3.97. The van der Waals surface area contributed by atoms with E-state index in [4.69, 9.17) is 9.15 Å². The van der Waals surface area contributed by atoms with Crippen molar-refractivity contribution in [1.82, 2.24) is 15.2 Å². The van der Waals surface area contributed by atoms with Crippen molar-refractivity contribution in [2.24, 2.45) is 5.92 Å². The predicted octanol–water partition coefficient (Wildman–Crippen LogP) is 5.14. The van der Waals surface area contributed by atoms with Crippen LogP contribution in [0.5, 0.6) is 5.75 Å². The number of nitrogens with zero attached hydrogens (tertiary/aromatic N) is 2. The first-order valence-electron chi connectivity index (χ1n) is 12.2. The third-order valence-electron chi connectivity index (χ3n) is 7.64. The number of nitrogens with one attached hydrogen (secondary N) is 1. The first-order chi connectivity index (χ1) is 16.7. The standard InChI is InChI=1S/C29H31N3O2/c1-19-31-24-15-23(25(33-2)16-26(24)34-19)17-30-28-22-13-14-32(18-22)29(28)27(20-9-5-3-6-10-20)21-11-7-4-8-12-21/h3-12,15-16,22,27-30H,13-14,17-18H2,1-2H3. The Bertz CT molecular complexity index is 1230. The summed E-state index contributed by atoms with van der Waals surface area (Å²) < 4.78 is 11.4. The third-order valence-corrected chi connectivity index (χ3v) is 7.64. The van der Waals surface area contributed by atoms with Crippen LogP contribution in [0.15, 0.2) is 77.2 Å². The minimum absolute atomic E-state index is 0.327. The maximum absolute atomic E-state index is 5.71. The van der Waals surface area contributed by atoms with Crippen LogP contribution in [-0.2, 0) is 6.54 Å². The number of aryl methyl sites for hydroxylation is 1. The molecular weight excluding hydrogens is 422 g/mol. The molecule has 0 aliphatic carbocycles. The summed E-state index contributed by atoms with van der Waals surface area (Å²) >= 11 is 0. The lowest BCUT2D eigenvalue weighted by atomic mass is 9.78. The van der Waals surface area contributed by atoms with E-state index >= 15 is 0 Å².